The van der Waals surface area contributed by atoms with E-state index in [1.54, 1.807) is 12.3 Å². The number of phenolic OH excluding ortho intramolecular Hbond substituents is 1. The Morgan fingerprint density at radius 3 is 2.56 bits per heavy atom. The predicted molar refractivity (Wildman–Crippen MR) is 128 cm³/mol. The van der Waals surface area contributed by atoms with Crippen LogP contribution in [-0.2, 0) is 27.2 Å². The summed E-state index contributed by atoms with van der Waals surface area (Å²) in [6.45, 7) is 3.97. The number of Topliss-reactive ketones (excluding diaryl/α,β-unsaturated/α-hetero) is 2. The number of furan rings is 1. The van der Waals surface area contributed by atoms with E-state index < -0.39 is 52.0 Å². The van der Waals surface area contributed by atoms with Crippen molar-refractivity contribution >= 4 is 23.2 Å². The van der Waals surface area contributed by atoms with Crippen molar-refractivity contribution in [1.82, 2.24) is 0 Å². The lowest BCUT2D eigenvalue weighted by atomic mass is 9.59. The molecule has 9 nitrogen and oxygen atoms in total. The minimum Gasteiger partial charge on any atom is -0.508 e. The molecular weight excluding hydrogens is 466 g/mol. The number of fused-ring (bicyclic) bond motifs is 3. The Bertz CT molecular complexity index is 1380. The number of benzene rings is 1. The molecule has 1 aromatic heterocycles. The van der Waals surface area contributed by atoms with E-state index in [4.69, 9.17) is 10.2 Å². The maximum absolute atomic E-state index is 13.7. The van der Waals surface area contributed by atoms with Crippen molar-refractivity contribution in [1.29, 1.82) is 0 Å². The van der Waals surface area contributed by atoms with E-state index >= 15 is 0 Å². The predicted octanol–water partition coefficient (Wildman–Crippen LogP) is 2.88. The quantitative estimate of drug-likeness (QED) is 0.405. The van der Waals surface area contributed by atoms with E-state index in [0.29, 0.717) is 17.5 Å². The minimum absolute atomic E-state index is 0.0856. The molecule has 188 valence electrons. The first-order valence-electron chi connectivity index (χ1n) is 11.8. The molecule has 1 amide bonds. The molecule has 0 saturated heterocycles. The van der Waals surface area contributed by atoms with E-state index in [-0.39, 0.29) is 42.1 Å². The van der Waals surface area contributed by atoms with Crippen molar-refractivity contribution in [2.24, 2.45) is 23.5 Å². The van der Waals surface area contributed by atoms with Gasteiger partial charge in [0.15, 0.2) is 11.4 Å². The van der Waals surface area contributed by atoms with Crippen LogP contribution in [-0.4, -0.2) is 43.5 Å². The van der Waals surface area contributed by atoms with E-state index in [1.165, 1.54) is 6.26 Å². The summed E-state index contributed by atoms with van der Waals surface area (Å²) >= 11 is 0. The van der Waals surface area contributed by atoms with E-state index in [2.05, 4.69) is 0 Å². The summed E-state index contributed by atoms with van der Waals surface area (Å²) in [5.41, 5.74) is 4.47. The number of hydrogen-bond acceptors (Lipinski definition) is 8. The van der Waals surface area contributed by atoms with Crippen LogP contribution in [0.5, 0.6) is 5.75 Å². The Labute approximate surface area is 206 Å². The summed E-state index contributed by atoms with van der Waals surface area (Å²) in [7, 11) is 0. The highest BCUT2D eigenvalue weighted by Crippen LogP contribution is 2.53. The van der Waals surface area contributed by atoms with Gasteiger partial charge in [-0.15, -0.1) is 0 Å². The number of carbonyl (C=O) groups excluding carboxylic acids is 3. The molecule has 1 saturated carbocycles. The first-order chi connectivity index (χ1) is 17.0. The van der Waals surface area contributed by atoms with Gasteiger partial charge in [0.1, 0.15) is 22.8 Å². The van der Waals surface area contributed by atoms with Gasteiger partial charge in [0.2, 0.25) is 5.78 Å². The number of rotatable bonds is 4. The van der Waals surface area contributed by atoms with Gasteiger partial charge in [-0.1, -0.05) is 13.8 Å². The molecule has 1 aromatic carbocycles. The molecule has 9 heteroatoms. The fourth-order valence-electron chi connectivity index (χ4n) is 6.02. The second-order valence-corrected chi connectivity index (χ2v) is 10.3. The number of hydrogen-bond donors (Lipinski definition) is 5. The van der Waals surface area contributed by atoms with Gasteiger partial charge in [0.25, 0.3) is 5.91 Å². The van der Waals surface area contributed by atoms with Crippen LogP contribution in [0.4, 0.5) is 0 Å². The van der Waals surface area contributed by atoms with Gasteiger partial charge in [0, 0.05) is 23.5 Å². The van der Waals surface area contributed by atoms with Crippen LogP contribution in [0.1, 0.15) is 43.4 Å². The van der Waals surface area contributed by atoms with Gasteiger partial charge in [-0.25, -0.2) is 0 Å². The van der Waals surface area contributed by atoms with E-state index in [0.717, 1.165) is 11.1 Å². The Morgan fingerprint density at radius 2 is 1.94 bits per heavy atom. The fourth-order valence-corrected chi connectivity index (χ4v) is 6.02. The zero-order chi connectivity index (χ0) is 26.1. The summed E-state index contributed by atoms with van der Waals surface area (Å²) in [5.74, 6) is -6.13. The maximum Gasteiger partial charge on any atom is 0.255 e. The number of primary amides is 1. The molecule has 1 fully saturated rings. The van der Waals surface area contributed by atoms with Crippen LogP contribution < -0.4 is 5.73 Å². The fraction of sp³-hybridized carbons (Fsp3) is 0.370. The summed E-state index contributed by atoms with van der Waals surface area (Å²) in [5, 5.41) is 44.7. The number of nitrogens with two attached hydrogens (primary N) is 1. The monoisotopic (exact) mass is 493 g/mol. The highest BCUT2D eigenvalue weighted by molar-refractivity contribution is 6.22. The second kappa shape index (κ2) is 8.09. The highest BCUT2D eigenvalue weighted by Gasteiger charge is 2.60. The number of phenols is 1. The number of aliphatic hydroxyl groups is 3. The zero-order valence-electron chi connectivity index (χ0n) is 19.9. The summed E-state index contributed by atoms with van der Waals surface area (Å²) in [4.78, 5) is 38.0. The minimum atomic E-state index is -2.58. The van der Waals surface area contributed by atoms with Gasteiger partial charge < -0.3 is 30.6 Å². The molecule has 5 rings (SSSR count). The van der Waals surface area contributed by atoms with Crippen LogP contribution >= 0.6 is 0 Å². The standard InChI is InChI=1S/C27H27NO8/c1-11(2)5-14-8-16(12-3-4-36-10-12)17-7-13-6-15-9-18(29)21(26(28)34)25(33)27(15,35)24(32)19(13)23(31)20(17)22(14)30/h3-4,8,10-11,13,15,30-31,33,35H,5-7,9H2,1-2H3,(H2,28,34)/t13-,15+,27+/m1/s1. The Balaban J connectivity index is 1.75. The van der Waals surface area contributed by atoms with Crippen molar-refractivity contribution in [3.05, 3.63) is 58.3 Å². The normalized spacial score (nSPS) is 25.7. The Hall–Kier alpha value is -3.85. The molecule has 0 bridgehead atoms. The molecule has 6 N–H and O–H groups in total. The number of amides is 1. The molecular formula is C27H27NO8. The average molecular weight is 494 g/mol. The Morgan fingerprint density at radius 1 is 1.22 bits per heavy atom. The van der Waals surface area contributed by atoms with Gasteiger partial charge >= 0.3 is 0 Å². The molecule has 3 atom stereocenters. The van der Waals surface area contributed by atoms with Gasteiger partial charge in [0.05, 0.1) is 18.1 Å². The molecule has 3 aliphatic rings. The van der Waals surface area contributed by atoms with Gasteiger partial charge in [-0.05, 0) is 59.9 Å². The number of carbonyl (C=O) groups is 3. The molecule has 36 heavy (non-hydrogen) atoms. The molecule has 1 heterocycles. The molecule has 0 spiro atoms. The molecule has 3 aliphatic carbocycles. The van der Waals surface area contributed by atoms with Crippen molar-refractivity contribution in [3.8, 4) is 16.9 Å². The van der Waals surface area contributed by atoms with Crippen LogP contribution in [0.15, 0.2) is 46.0 Å². The zero-order valence-corrected chi connectivity index (χ0v) is 19.9. The topological polar surface area (TPSA) is 171 Å². The number of aliphatic hydroxyl groups excluding tert-OH is 2. The van der Waals surface area contributed by atoms with Gasteiger partial charge in [-0.3, -0.25) is 14.4 Å². The molecule has 0 aliphatic heterocycles. The number of aromatic hydroxyl groups is 1. The average Bonchev–Trinajstić information content (AvgIpc) is 3.32. The Kier molecular flexibility index (Phi) is 5.37. The summed E-state index contributed by atoms with van der Waals surface area (Å²) in [6.07, 6.45) is 3.55. The van der Waals surface area contributed by atoms with Crippen LogP contribution in [0.3, 0.4) is 0 Å². The highest BCUT2D eigenvalue weighted by atomic mass is 16.3. The maximum atomic E-state index is 13.7. The van der Waals surface area contributed by atoms with Crippen molar-refractivity contribution in [3.63, 3.8) is 0 Å². The lowest BCUT2D eigenvalue weighted by Crippen LogP contribution is -2.58. The van der Waals surface area contributed by atoms with E-state index in [9.17, 15) is 34.8 Å². The van der Waals surface area contributed by atoms with Crippen LogP contribution in [0, 0.1) is 17.8 Å². The first-order valence-corrected chi connectivity index (χ1v) is 11.8. The van der Waals surface area contributed by atoms with Crippen molar-refractivity contribution in [2.75, 3.05) is 0 Å². The number of ketones is 2. The SMILES string of the molecule is CC(C)Cc1cc(-c2ccoc2)c2c(c1O)C(O)=C1C(=O)[C@]3(O)C(O)=C(C(N)=O)C(=O)C[C@@H]3C[C@@H]1C2. The first kappa shape index (κ1) is 23.9. The third kappa shape index (κ3) is 3.22. The molecule has 2 aromatic rings. The molecule has 0 unspecified atom stereocenters. The van der Waals surface area contributed by atoms with Crippen molar-refractivity contribution < 1.29 is 39.2 Å². The third-order valence-corrected chi connectivity index (χ3v) is 7.60. The van der Waals surface area contributed by atoms with Crippen LogP contribution in [0.25, 0.3) is 16.9 Å². The summed E-state index contributed by atoms with van der Waals surface area (Å²) in [6, 6.07) is 3.62. The van der Waals surface area contributed by atoms with Gasteiger partial charge in [-0.2, -0.15) is 0 Å². The lowest BCUT2D eigenvalue weighted by molar-refractivity contribution is -0.147. The lowest BCUT2D eigenvalue weighted by Gasteiger charge is -2.46. The van der Waals surface area contributed by atoms with Crippen LogP contribution in [0.2, 0.25) is 0 Å². The summed E-state index contributed by atoms with van der Waals surface area (Å²) < 4.78 is 5.27. The largest absolute Gasteiger partial charge is 0.508 e. The smallest absolute Gasteiger partial charge is 0.255 e. The third-order valence-electron chi connectivity index (χ3n) is 7.60. The van der Waals surface area contributed by atoms with E-state index in [1.807, 2.05) is 19.9 Å². The molecule has 0 radical (unpaired) electrons. The van der Waals surface area contributed by atoms with Crippen molar-refractivity contribution in [2.45, 2.75) is 45.1 Å². The second-order valence-electron chi connectivity index (χ2n) is 10.3.